The molecule has 1 nitrogen and oxygen atoms in total. The molecule has 7 saturated carbocycles. The van der Waals surface area contributed by atoms with Crippen LogP contribution in [0.5, 0.6) is 0 Å². The standard InChI is InChI=1S/C15H23N/c1-14-6-9-2-10-11(14)3-8-4-12(10)15(16,7-9)13(14)5-8/h8-13H,2-7,16H2,1H3/t8?,9?,10?,11?,12?,13?,14?,15-/m1/s1. The average Bonchev–Trinajstić information content (AvgIpc) is 2.24. The molecule has 7 aliphatic rings. The van der Waals surface area contributed by atoms with E-state index in [4.69, 9.17) is 5.73 Å². The van der Waals surface area contributed by atoms with Crippen molar-refractivity contribution in [2.45, 2.75) is 51.0 Å². The summed E-state index contributed by atoms with van der Waals surface area (Å²) >= 11 is 0. The summed E-state index contributed by atoms with van der Waals surface area (Å²) in [5, 5.41) is 0. The third-order valence-corrected chi connectivity index (χ3v) is 7.74. The quantitative estimate of drug-likeness (QED) is 0.663. The van der Waals surface area contributed by atoms with Gasteiger partial charge in [-0.25, -0.2) is 0 Å². The van der Waals surface area contributed by atoms with Crippen LogP contribution in [0.4, 0.5) is 0 Å². The van der Waals surface area contributed by atoms with Gasteiger partial charge in [0.1, 0.15) is 0 Å². The highest BCUT2D eigenvalue weighted by atomic mass is 14.9. The fraction of sp³-hybridized carbons (Fsp3) is 1.00. The highest BCUT2D eigenvalue weighted by Gasteiger charge is 2.72. The van der Waals surface area contributed by atoms with E-state index >= 15 is 0 Å². The molecular formula is C15H23N. The molecule has 8 atom stereocenters. The van der Waals surface area contributed by atoms with Crippen molar-refractivity contribution in [3.05, 3.63) is 0 Å². The number of rotatable bonds is 0. The maximum atomic E-state index is 6.94. The second-order valence-corrected chi connectivity index (χ2v) is 8.13. The molecule has 7 fully saturated rings. The molecule has 7 rings (SSSR count). The number of hydrogen-bond acceptors (Lipinski definition) is 1. The molecule has 1 heteroatoms. The van der Waals surface area contributed by atoms with Crippen LogP contribution in [0.2, 0.25) is 0 Å². The minimum Gasteiger partial charge on any atom is -0.325 e. The van der Waals surface area contributed by atoms with Crippen LogP contribution in [0.15, 0.2) is 0 Å². The molecule has 0 spiro atoms. The molecule has 0 aromatic rings. The van der Waals surface area contributed by atoms with Gasteiger partial charge in [0.25, 0.3) is 0 Å². The van der Waals surface area contributed by atoms with E-state index in [-0.39, 0.29) is 5.54 Å². The minimum absolute atomic E-state index is 0.286. The third-order valence-electron chi connectivity index (χ3n) is 7.74. The first-order valence-corrected chi connectivity index (χ1v) is 7.40. The summed E-state index contributed by atoms with van der Waals surface area (Å²) in [6, 6.07) is 0. The topological polar surface area (TPSA) is 26.0 Å². The first-order valence-electron chi connectivity index (χ1n) is 7.40. The molecule has 2 N–H and O–H groups in total. The zero-order valence-electron chi connectivity index (χ0n) is 10.3. The zero-order valence-corrected chi connectivity index (χ0v) is 10.3. The summed E-state index contributed by atoms with van der Waals surface area (Å²) in [4.78, 5) is 0. The first-order chi connectivity index (χ1) is 7.61. The molecule has 16 heavy (non-hydrogen) atoms. The fourth-order valence-electron chi connectivity index (χ4n) is 7.63. The van der Waals surface area contributed by atoms with Gasteiger partial charge in [-0.15, -0.1) is 0 Å². The number of hydrogen-bond donors (Lipinski definition) is 1. The molecule has 7 unspecified atom stereocenters. The smallest absolute Gasteiger partial charge is 0.0222 e. The van der Waals surface area contributed by atoms with Gasteiger partial charge in [0, 0.05) is 5.54 Å². The van der Waals surface area contributed by atoms with Crippen LogP contribution >= 0.6 is 0 Å². The van der Waals surface area contributed by atoms with Crippen molar-refractivity contribution in [1.82, 2.24) is 0 Å². The van der Waals surface area contributed by atoms with E-state index in [2.05, 4.69) is 6.92 Å². The van der Waals surface area contributed by atoms with E-state index in [1.54, 1.807) is 12.8 Å². The summed E-state index contributed by atoms with van der Waals surface area (Å²) in [6.45, 7) is 2.61. The summed E-state index contributed by atoms with van der Waals surface area (Å²) in [7, 11) is 0. The molecule has 0 amide bonds. The van der Waals surface area contributed by atoms with Crippen molar-refractivity contribution in [3.63, 3.8) is 0 Å². The summed E-state index contributed by atoms with van der Waals surface area (Å²) in [5.41, 5.74) is 7.88. The van der Waals surface area contributed by atoms with Crippen LogP contribution in [0.1, 0.15) is 45.4 Å². The van der Waals surface area contributed by atoms with Crippen molar-refractivity contribution < 1.29 is 0 Å². The lowest BCUT2D eigenvalue weighted by molar-refractivity contribution is -0.258. The Morgan fingerprint density at radius 1 is 0.938 bits per heavy atom. The molecule has 0 radical (unpaired) electrons. The summed E-state index contributed by atoms with van der Waals surface area (Å²) in [6.07, 6.45) is 9.00. The van der Waals surface area contributed by atoms with Crippen molar-refractivity contribution in [1.29, 1.82) is 0 Å². The zero-order chi connectivity index (χ0) is 10.7. The largest absolute Gasteiger partial charge is 0.325 e. The fourth-order valence-corrected chi connectivity index (χ4v) is 7.63. The van der Waals surface area contributed by atoms with Crippen molar-refractivity contribution in [2.75, 3.05) is 0 Å². The maximum Gasteiger partial charge on any atom is 0.0222 e. The van der Waals surface area contributed by atoms with Gasteiger partial charge < -0.3 is 5.73 Å². The molecule has 0 heterocycles. The SMILES string of the molecule is CC12CC3CC4C1CC1CC4[C@](N)(C3)C2C1. The first kappa shape index (κ1) is 8.97. The Bertz CT molecular complexity index is 348. The third kappa shape index (κ3) is 0.698. The van der Waals surface area contributed by atoms with Crippen LogP contribution in [-0.2, 0) is 0 Å². The Hall–Kier alpha value is -0.0400. The van der Waals surface area contributed by atoms with Gasteiger partial charge in [-0.1, -0.05) is 6.92 Å². The van der Waals surface area contributed by atoms with E-state index in [1.807, 2.05) is 0 Å². The van der Waals surface area contributed by atoms with Crippen LogP contribution < -0.4 is 5.73 Å². The highest BCUT2D eigenvalue weighted by Crippen LogP contribution is 2.76. The summed E-state index contributed by atoms with van der Waals surface area (Å²) in [5.74, 6) is 6.00. The van der Waals surface area contributed by atoms with Crippen LogP contribution in [0.25, 0.3) is 0 Å². The Morgan fingerprint density at radius 2 is 1.75 bits per heavy atom. The predicted molar refractivity (Wildman–Crippen MR) is 63.7 cm³/mol. The average molecular weight is 217 g/mol. The Kier molecular flexibility index (Phi) is 1.26. The van der Waals surface area contributed by atoms with Gasteiger partial charge in [-0.05, 0) is 79.4 Å². The highest BCUT2D eigenvalue weighted by molar-refractivity contribution is 5.24. The number of nitrogens with two attached hydrogens (primary N) is 1. The van der Waals surface area contributed by atoms with Gasteiger partial charge in [0.15, 0.2) is 0 Å². The van der Waals surface area contributed by atoms with Crippen molar-refractivity contribution in [2.24, 2.45) is 46.7 Å². The van der Waals surface area contributed by atoms with Gasteiger partial charge >= 0.3 is 0 Å². The molecule has 88 valence electrons. The van der Waals surface area contributed by atoms with Crippen molar-refractivity contribution >= 4 is 0 Å². The van der Waals surface area contributed by atoms with E-state index in [9.17, 15) is 0 Å². The Morgan fingerprint density at radius 3 is 2.62 bits per heavy atom. The summed E-state index contributed by atoms with van der Waals surface area (Å²) < 4.78 is 0. The van der Waals surface area contributed by atoms with Crippen molar-refractivity contribution in [3.8, 4) is 0 Å². The van der Waals surface area contributed by atoms with E-state index in [1.165, 1.54) is 25.7 Å². The predicted octanol–water partition coefficient (Wildman–Crippen LogP) is 2.80. The lowest BCUT2D eigenvalue weighted by Gasteiger charge is -2.77. The molecule has 0 saturated heterocycles. The molecule has 0 aromatic carbocycles. The molecule has 8 bridgehead atoms. The molecule has 0 aliphatic heterocycles. The van der Waals surface area contributed by atoms with E-state index in [0.717, 1.165) is 35.5 Å². The Balaban J connectivity index is 1.76. The lowest BCUT2D eigenvalue weighted by Crippen LogP contribution is -2.77. The normalized spacial score (nSPS) is 73.9. The molecular weight excluding hydrogens is 194 g/mol. The van der Waals surface area contributed by atoms with Gasteiger partial charge in [-0.2, -0.15) is 0 Å². The second kappa shape index (κ2) is 2.25. The van der Waals surface area contributed by atoms with Gasteiger partial charge in [-0.3, -0.25) is 0 Å². The monoisotopic (exact) mass is 217 g/mol. The van der Waals surface area contributed by atoms with Gasteiger partial charge in [0.2, 0.25) is 0 Å². The maximum absolute atomic E-state index is 6.94. The second-order valence-electron chi connectivity index (χ2n) is 8.13. The van der Waals surface area contributed by atoms with Crippen LogP contribution in [0.3, 0.4) is 0 Å². The van der Waals surface area contributed by atoms with Crippen LogP contribution in [0, 0.1) is 40.9 Å². The van der Waals surface area contributed by atoms with E-state index in [0.29, 0.717) is 5.41 Å². The lowest BCUT2D eigenvalue weighted by atomic mass is 9.29. The Labute approximate surface area is 98.2 Å². The van der Waals surface area contributed by atoms with E-state index < -0.39 is 0 Å². The molecule has 0 aromatic heterocycles. The van der Waals surface area contributed by atoms with Gasteiger partial charge in [0.05, 0.1) is 0 Å². The van der Waals surface area contributed by atoms with Crippen LogP contribution in [-0.4, -0.2) is 5.54 Å². The molecule has 7 aliphatic carbocycles. The minimum atomic E-state index is 0.286.